The monoisotopic (exact) mass is 668 g/mol. The number of halogens is 2. The second-order valence-electron chi connectivity index (χ2n) is 11.6. The number of hydrogen-bond donors (Lipinski definition) is 2. The van der Waals surface area contributed by atoms with Gasteiger partial charge in [0.05, 0.1) is 22.2 Å². The molecule has 5 aromatic rings. The topological polar surface area (TPSA) is 139 Å². The number of pyridine rings is 1. The lowest BCUT2D eigenvalue weighted by Crippen LogP contribution is -2.46. The molecule has 1 aliphatic heterocycles. The van der Waals surface area contributed by atoms with Crippen LogP contribution in [-0.4, -0.2) is 78.0 Å². The zero-order valence-electron chi connectivity index (χ0n) is 25.6. The van der Waals surface area contributed by atoms with Gasteiger partial charge in [0, 0.05) is 68.1 Å². The van der Waals surface area contributed by atoms with Crippen molar-refractivity contribution in [1.29, 1.82) is 0 Å². The van der Waals surface area contributed by atoms with Gasteiger partial charge in [0.1, 0.15) is 11.6 Å². The summed E-state index contributed by atoms with van der Waals surface area (Å²) in [6.45, 7) is 6.63. The fourth-order valence-corrected chi connectivity index (χ4v) is 7.61. The second kappa shape index (κ2) is 12.5. The lowest BCUT2D eigenvalue weighted by molar-refractivity contribution is -0.118. The number of primary amides is 1. The molecule has 15 heteroatoms. The molecule has 46 heavy (non-hydrogen) atoms. The normalized spacial score (nSPS) is 15.1. The molecule has 1 aliphatic rings. The maximum Gasteiger partial charge on any atom is 0.231 e. The minimum Gasteiger partial charge on any atom is -0.370 e. The minimum absolute atomic E-state index is 0.0847. The van der Waals surface area contributed by atoms with Crippen molar-refractivity contribution in [3.8, 4) is 11.1 Å². The highest BCUT2D eigenvalue weighted by Crippen LogP contribution is 2.41. The Balaban J connectivity index is 1.55. The van der Waals surface area contributed by atoms with E-state index < -0.39 is 33.5 Å². The zero-order valence-corrected chi connectivity index (χ0v) is 27.3. The number of hydrogen-bond acceptors (Lipinski definition) is 9. The molecule has 1 atom stereocenters. The molecule has 1 saturated heterocycles. The molecule has 0 aliphatic carbocycles. The third-order valence-corrected chi connectivity index (χ3v) is 9.78. The quantitative estimate of drug-likeness (QED) is 0.225. The molecule has 0 bridgehead atoms. The molecule has 3 aromatic heterocycles. The van der Waals surface area contributed by atoms with E-state index in [9.17, 15) is 22.0 Å². The van der Waals surface area contributed by atoms with Crippen LogP contribution >= 0.6 is 11.3 Å². The predicted octanol–water partition coefficient (Wildman–Crippen LogP) is 4.24. The van der Waals surface area contributed by atoms with Crippen LogP contribution in [0.5, 0.6) is 0 Å². The van der Waals surface area contributed by atoms with Gasteiger partial charge < -0.3 is 15.5 Å². The average molecular weight is 669 g/mol. The molecule has 11 nitrogen and oxygen atoms in total. The van der Waals surface area contributed by atoms with Crippen LogP contribution in [0, 0.1) is 11.6 Å². The molecular formula is C31H34F2N8O3S2. The molecule has 0 spiro atoms. The number of nitrogens with one attached hydrogen (secondary N) is 1. The van der Waals surface area contributed by atoms with Crippen molar-refractivity contribution >= 4 is 59.5 Å². The third kappa shape index (κ3) is 6.66. The molecule has 0 radical (unpaired) electrons. The number of likely N-dealkylation sites (N-methyl/N-ethyl adjacent to an activating group) is 1. The summed E-state index contributed by atoms with van der Waals surface area (Å²) in [6, 6.07) is 10.7. The molecule has 1 amide bonds. The minimum atomic E-state index is -3.62. The lowest BCUT2D eigenvalue weighted by atomic mass is 9.87. The van der Waals surface area contributed by atoms with Crippen LogP contribution in [-0.2, 0) is 28.3 Å². The van der Waals surface area contributed by atoms with E-state index in [4.69, 9.17) is 15.7 Å². The van der Waals surface area contributed by atoms with Crippen molar-refractivity contribution < 1.29 is 22.0 Å². The Hall–Kier alpha value is -4.21. The first kappa shape index (κ1) is 31.8. The number of carbonyl (C=O) groups excluding carboxylic acids is 1. The van der Waals surface area contributed by atoms with Crippen LogP contribution in [0.2, 0.25) is 0 Å². The summed E-state index contributed by atoms with van der Waals surface area (Å²) in [5.41, 5.74) is 9.02. The van der Waals surface area contributed by atoms with Gasteiger partial charge in [-0.25, -0.2) is 22.2 Å². The number of carbonyl (C=O) groups is 1. The van der Waals surface area contributed by atoms with Gasteiger partial charge >= 0.3 is 0 Å². The van der Waals surface area contributed by atoms with Gasteiger partial charge in [-0.05, 0) is 42.8 Å². The van der Waals surface area contributed by atoms with E-state index in [0.29, 0.717) is 38.9 Å². The maximum atomic E-state index is 14.2. The SMILES string of the molecule is CCN1CCN(c2nc3nc([C@H](CC(N)=O)Cc4cc(F)cc(F)c4)c(-c4cccc5c(NS(C)(=O)=O)nn(C)c45)cc3s2)CC1. The Morgan fingerprint density at radius 3 is 2.43 bits per heavy atom. The van der Waals surface area contributed by atoms with E-state index in [0.717, 1.165) is 54.9 Å². The van der Waals surface area contributed by atoms with Crippen molar-refractivity contribution in [3.05, 3.63) is 65.4 Å². The largest absolute Gasteiger partial charge is 0.370 e. The molecule has 3 N–H and O–H groups in total. The van der Waals surface area contributed by atoms with E-state index in [1.807, 2.05) is 12.1 Å². The third-order valence-electron chi connectivity index (χ3n) is 8.17. The molecule has 0 unspecified atom stereocenters. The van der Waals surface area contributed by atoms with E-state index in [-0.39, 0.29) is 18.7 Å². The number of piperazine rings is 1. The highest BCUT2D eigenvalue weighted by Gasteiger charge is 2.27. The first-order valence-corrected chi connectivity index (χ1v) is 17.5. The number of benzene rings is 2. The molecular weight excluding hydrogens is 635 g/mol. The number of para-hydroxylation sites is 1. The number of thiazole rings is 1. The van der Waals surface area contributed by atoms with Crippen molar-refractivity contribution in [3.63, 3.8) is 0 Å². The summed E-state index contributed by atoms with van der Waals surface area (Å²) in [4.78, 5) is 26.9. The Morgan fingerprint density at radius 1 is 1.07 bits per heavy atom. The first-order valence-electron chi connectivity index (χ1n) is 14.8. The molecule has 4 heterocycles. The second-order valence-corrected chi connectivity index (χ2v) is 14.3. The number of aromatic nitrogens is 4. The molecule has 2 aromatic carbocycles. The summed E-state index contributed by atoms with van der Waals surface area (Å²) < 4.78 is 57.6. The van der Waals surface area contributed by atoms with Crippen molar-refractivity contribution in [2.24, 2.45) is 12.8 Å². The van der Waals surface area contributed by atoms with E-state index in [1.165, 1.54) is 23.5 Å². The standard InChI is InChI=1S/C31H34F2N8O3S2/c1-4-40-8-10-41(11-9-40)31-36-30-25(45-31)17-24(22-6-5-7-23-28(22)39(2)37-29(23)38-46(3,43)44)27(35-30)19(15-26(34)42)12-18-13-20(32)16-21(33)14-18/h5-7,13-14,16-17,19H,4,8-12,15H2,1-3H3,(H2,34,42)(H,37,38)/t19-/m0/s1. The number of nitrogens with zero attached hydrogens (tertiary/aromatic N) is 6. The number of anilines is 2. The number of sulfonamides is 1. The summed E-state index contributed by atoms with van der Waals surface area (Å²) in [7, 11) is -1.91. The van der Waals surface area contributed by atoms with Gasteiger partial charge in [0.2, 0.25) is 15.9 Å². The Morgan fingerprint density at radius 2 is 1.78 bits per heavy atom. The van der Waals surface area contributed by atoms with Gasteiger partial charge in [-0.1, -0.05) is 30.4 Å². The number of aryl methyl sites for hydroxylation is 1. The van der Waals surface area contributed by atoms with Gasteiger partial charge in [-0.2, -0.15) is 10.1 Å². The van der Waals surface area contributed by atoms with Crippen LogP contribution in [0.4, 0.5) is 19.7 Å². The van der Waals surface area contributed by atoms with Crippen LogP contribution in [0.1, 0.15) is 30.5 Å². The number of fused-ring (bicyclic) bond motifs is 2. The highest BCUT2D eigenvalue weighted by atomic mass is 32.2. The maximum absolute atomic E-state index is 14.2. The van der Waals surface area contributed by atoms with Crippen LogP contribution in [0.3, 0.4) is 0 Å². The van der Waals surface area contributed by atoms with Crippen molar-refractivity contribution in [2.75, 3.05) is 48.6 Å². The molecule has 242 valence electrons. The van der Waals surface area contributed by atoms with Crippen LogP contribution < -0.4 is 15.4 Å². The Bertz CT molecular complexity index is 2040. The first-order chi connectivity index (χ1) is 21.9. The summed E-state index contributed by atoms with van der Waals surface area (Å²) in [5, 5.41) is 5.84. The van der Waals surface area contributed by atoms with Crippen molar-refractivity contribution in [1.82, 2.24) is 24.6 Å². The average Bonchev–Trinajstić information content (AvgIpc) is 3.54. The molecule has 6 rings (SSSR count). The smallest absolute Gasteiger partial charge is 0.231 e. The van der Waals surface area contributed by atoms with E-state index in [2.05, 4.69) is 26.5 Å². The van der Waals surface area contributed by atoms with Crippen molar-refractivity contribution in [2.45, 2.75) is 25.7 Å². The van der Waals surface area contributed by atoms with Gasteiger partial charge in [-0.3, -0.25) is 14.2 Å². The van der Waals surface area contributed by atoms with E-state index >= 15 is 0 Å². The number of nitrogens with two attached hydrogens (primary N) is 1. The van der Waals surface area contributed by atoms with Gasteiger partial charge in [-0.15, -0.1) is 0 Å². The summed E-state index contributed by atoms with van der Waals surface area (Å²) in [6.07, 6.45) is 1.00. The van der Waals surface area contributed by atoms with E-state index in [1.54, 1.807) is 23.9 Å². The number of rotatable bonds is 10. The Labute approximate surface area is 269 Å². The Kier molecular flexibility index (Phi) is 8.65. The lowest BCUT2D eigenvalue weighted by Gasteiger charge is -2.33. The van der Waals surface area contributed by atoms with Crippen LogP contribution in [0.25, 0.3) is 32.4 Å². The fourth-order valence-electron chi connectivity index (χ4n) is 6.11. The highest BCUT2D eigenvalue weighted by molar-refractivity contribution is 7.92. The van der Waals surface area contributed by atoms with Gasteiger partial charge in [0.15, 0.2) is 16.6 Å². The van der Waals surface area contributed by atoms with Gasteiger partial charge in [0.25, 0.3) is 0 Å². The predicted molar refractivity (Wildman–Crippen MR) is 177 cm³/mol. The fraction of sp³-hybridized carbons (Fsp3) is 0.355. The van der Waals surface area contributed by atoms with Crippen LogP contribution in [0.15, 0.2) is 42.5 Å². The number of amides is 1. The zero-order chi connectivity index (χ0) is 32.7. The summed E-state index contributed by atoms with van der Waals surface area (Å²) in [5.74, 6) is -2.54. The molecule has 0 saturated carbocycles. The molecule has 1 fully saturated rings. The summed E-state index contributed by atoms with van der Waals surface area (Å²) >= 11 is 1.52.